The highest BCUT2D eigenvalue weighted by Crippen LogP contribution is 2.27. The third-order valence-corrected chi connectivity index (χ3v) is 2.00. The van der Waals surface area contributed by atoms with Crippen molar-refractivity contribution < 1.29 is 9.84 Å². The van der Waals surface area contributed by atoms with Gasteiger partial charge in [-0.25, -0.2) is 4.98 Å². The Morgan fingerprint density at radius 1 is 1.20 bits per heavy atom. The van der Waals surface area contributed by atoms with E-state index in [-0.39, 0.29) is 11.8 Å². The number of aromatic nitrogens is 2. The Kier molecular flexibility index (Phi) is 2.49. The third-order valence-electron chi connectivity index (χ3n) is 2.00. The lowest BCUT2D eigenvalue weighted by Gasteiger charge is -2.04. The van der Waals surface area contributed by atoms with E-state index < -0.39 is 0 Å². The molecule has 0 aliphatic heterocycles. The maximum Gasteiger partial charge on any atom is 0.316 e. The van der Waals surface area contributed by atoms with Crippen molar-refractivity contribution in [3.63, 3.8) is 0 Å². The Hall–Kier alpha value is -2.10. The van der Waals surface area contributed by atoms with E-state index in [1.807, 2.05) is 6.07 Å². The minimum absolute atomic E-state index is 0.193. The summed E-state index contributed by atoms with van der Waals surface area (Å²) in [6.45, 7) is 0. The lowest BCUT2D eigenvalue weighted by Crippen LogP contribution is -1.92. The van der Waals surface area contributed by atoms with Crippen molar-refractivity contribution in [1.29, 1.82) is 0 Å². The van der Waals surface area contributed by atoms with Gasteiger partial charge in [0.2, 0.25) is 0 Å². The molecule has 76 valence electrons. The largest absolute Gasteiger partial charge is 0.507 e. The fraction of sp³-hybridized carbons (Fsp3) is 0.0909. The number of methoxy groups -OCH3 is 1. The highest BCUT2D eigenvalue weighted by atomic mass is 16.5. The lowest BCUT2D eigenvalue weighted by molar-refractivity contribution is 0.380. The Labute approximate surface area is 87.2 Å². The third kappa shape index (κ3) is 1.88. The molecule has 0 bridgehead atoms. The molecule has 0 aliphatic rings. The zero-order valence-corrected chi connectivity index (χ0v) is 8.21. The van der Waals surface area contributed by atoms with Gasteiger partial charge < -0.3 is 9.84 Å². The van der Waals surface area contributed by atoms with E-state index in [0.717, 1.165) is 0 Å². The highest BCUT2D eigenvalue weighted by molar-refractivity contribution is 5.66. The number of rotatable bonds is 2. The molecule has 4 heteroatoms. The van der Waals surface area contributed by atoms with Gasteiger partial charge >= 0.3 is 6.01 Å². The maximum absolute atomic E-state index is 9.63. The van der Waals surface area contributed by atoms with Gasteiger partial charge in [-0.15, -0.1) is 0 Å². The minimum Gasteiger partial charge on any atom is -0.507 e. The number of phenolic OH excluding ortho intramolecular Hbond substituents is 1. The number of hydrogen-bond acceptors (Lipinski definition) is 4. The maximum atomic E-state index is 9.63. The number of nitrogens with zero attached hydrogens (tertiary/aromatic N) is 2. The van der Waals surface area contributed by atoms with Crippen LogP contribution in [0.5, 0.6) is 11.8 Å². The molecule has 2 rings (SSSR count). The van der Waals surface area contributed by atoms with Gasteiger partial charge in [0.05, 0.1) is 12.8 Å². The van der Waals surface area contributed by atoms with Crippen molar-refractivity contribution in [2.75, 3.05) is 7.11 Å². The van der Waals surface area contributed by atoms with Crippen molar-refractivity contribution in [3.8, 4) is 23.0 Å². The molecular formula is C11H10N2O2. The number of ether oxygens (including phenoxy) is 1. The Morgan fingerprint density at radius 2 is 2.00 bits per heavy atom. The second-order valence-electron chi connectivity index (χ2n) is 2.95. The summed E-state index contributed by atoms with van der Waals surface area (Å²) in [6.07, 6.45) is 1.59. The number of phenols is 1. The minimum atomic E-state index is 0.193. The van der Waals surface area contributed by atoms with Gasteiger partial charge in [-0.2, -0.15) is 4.98 Å². The fourth-order valence-corrected chi connectivity index (χ4v) is 1.28. The summed E-state index contributed by atoms with van der Waals surface area (Å²) >= 11 is 0. The first-order chi connectivity index (χ1) is 7.31. The molecule has 0 saturated heterocycles. The van der Waals surface area contributed by atoms with Crippen molar-refractivity contribution in [1.82, 2.24) is 9.97 Å². The van der Waals surface area contributed by atoms with E-state index >= 15 is 0 Å². The SMILES string of the molecule is COc1nccc(-c2ccccc2O)n1. The summed E-state index contributed by atoms with van der Waals surface area (Å²) in [7, 11) is 1.50. The molecule has 0 saturated carbocycles. The molecule has 4 nitrogen and oxygen atoms in total. The van der Waals surface area contributed by atoms with Gasteiger partial charge in [-0.3, -0.25) is 0 Å². The number of aromatic hydroxyl groups is 1. The molecule has 0 fully saturated rings. The fourth-order valence-electron chi connectivity index (χ4n) is 1.28. The predicted molar refractivity (Wildman–Crippen MR) is 55.7 cm³/mol. The van der Waals surface area contributed by atoms with Crippen LogP contribution in [0.3, 0.4) is 0 Å². The molecule has 15 heavy (non-hydrogen) atoms. The first-order valence-corrected chi connectivity index (χ1v) is 4.46. The van der Waals surface area contributed by atoms with Gasteiger partial charge in [0.25, 0.3) is 0 Å². The first-order valence-electron chi connectivity index (χ1n) is 4.46. The van der Waals surface area contributed by atoms with Crippen LogP contribution in [-0.2, 0) is 0 Å². The Morgan fingerprint density at radius 3 is 2.73 bits per heavy atom. The van der Waals surface area contributed by atoms with Crippen molar-refractivity contribution >= 4 is 0 Å². The summed E-state index contributed by atoms with van der Waals surface area (Å²) in [4.78, 5) is 8.03. The van der Waals surface area contributed by atoms with Crippen LogP contribution in [0.4, 0.5) is 0 Å². The van der Waals surface area contributed by atoms with Gasteiger partial charge in [0.15, 0.2) is 0 Å². The summed E-state index contributed by atoms with van der Waals surface area (Å²) in [5.41, 5.74) is 1.30. The van der Waals surface area contributed by atoms with Gasteiger partial charge in [0, 0.05) is 11.8 Å². The molecule has 1 aromatic heterocycles. The Balaban J connectivity index is 2.49. The number of hydrogen-bond donors (Lipinski definition) is 1. The van der Waals surface area contributed by atoms with E-state index in [9.17, 15) is 5.11 Å². The highest BCUT2D eigenvalue weighted by Gasteiger charge is 2.05. The van der Waals surface area contributed by atoms with Crippen LogP contribution in [0, 0.1) is 0 Å². The van der Waals surface area contributed by atoms with Gasteiger partial charge in [0.1, 0.15) is 5.75 Å². The number of para-hydroxylation sites is 1. The molecule has 0 atom stereocenters. The van der Waals surface area contributed by atoms with E-state index in [1.165, 1.54) is 7.11 Å². The molecule has 2 aromatic rings. The van der Waals surface area contributed by atoms with Crippen LogP contribution in [0.2, 0.25) is 0 Å². The molecule has 0 aliphatic carbocycles. The molecule has 1 aromatic carbocycles. The van der Waals surface area contributed by atoms with Crippen molar-refractivity contribution in [3.05, 3.63) is 36.5 Å². The van der Waals surface area contributed by atoms with E-state index in [2.05, 4.69) is 9.97 Å². The number of benzene rings is 1. The smallest absolute Gasteiger partial charge is 0.316 e. The van der Waals surface area contributed by atoms with Crippen molar-refractivity contribution in [2.24, 2.45) is 0 Å². The van der Waals surface area contributed by atoms with E-state index in [1.54, 1.807) is 30.5 Å². The zero-order valence-electron chi connectivity index (χ0n) is 8.21. The monoisotopic (exact) mass is 202 g/mol. The van der Waals surface area contributed by atoms with Crippen LogP contribution in [-0.4, -0.2) is 22.2 Å². The summed E-state index contributed by atoms with van der Waals surface area (Å²) < 4.78 is 4.91. The summed E-state index contributed by atoms with van der Waals surface area (Å²) in [6, 6.07) is 9.01. The lowest BCUT2D eigenvalue weighted by atomic mass is 10.1. The van der Waals surface area contributed by atoms with Gasteiger partial charge in [-0.1, -0.05) is 12.1 Å². The van der Waals surface area contributed by atoms with E-state index in [0.29, 0.717) is 11.3 Å². The predicted octanol–water partition coefficient (Wildman–Crippen LogP) is 1.86. The second-order valence-corrected chi connectivity index (χ2v) is 2.95. The normalized spacial score (nSPS) is 9.93. The Bertz CT molecular complexity index is 472. The molecule has 0 amide bonds. The quantitative estimate of drug-likeness (QED) is 0.807. The van der Waals surface area contributed by atoms with E-state index in [4.69, 9.17) is 4.74 Å². The molecule has 1 N–H and O–H groups in total. The molecular weight excluding hydrogens is 192 g/mol. The first kappa shape index (κ1) is 9.45. The van der Waals surface area contributed by atoms with Crippen LogP contribution in [0.15, 0.2) is 36.5 Å². The molecule has 1 heterocycles. The summed E-state index contributed by atoms with van der Waals surface area (Å²) in [5, 5.41) is 9.63. The molecule has 0 radical (unpaired) electrons. The van der Waals surface area contributed by atoms with Crippen LogP contribution < -0.4 is 4.74 Å². The van der Waals surface area contributed by atoms with Crippen LogP contribution in [0.25, 0.3) is 11.3 Å². The topological polar surface area (TPSA) is 55.2 Å². The zero-order chi connectivity index (χ0) is 10.7. The van der Waals surface area contributed by atoms with Crippen molar-refractivity contribution in [2.45, 2.75) is 0 Å². The van der Waals surface area contributed by atoms with Crippen LogP contribution >= 0.6 is 0 Å². The van der Waals surface area contributed by atoms with Crippen LogP contribution in [0.1, 0.15) is 0 Å². The standard InChI is InChI=1S/C11H10N2O2/c1-15-11-12-7-6-9(13-11)8-4-2-3-5-10(8)14/h2-7,14H,1H3. The average molecular weight is 202 g/mol. The second kappa shape index (κ2) is 3.96. The average Bonchev–Trinajstić information content (AvgIpc) is 2.30. The van der Waals surface area contributed by atoms with Gasteiger partial charge in [-0.05, 0) is 18.2 Å². The molecule has 0 unspecified atom stereocenters. The summed E-state index contributed by atoms with van der Waals surface area (Å²) in [5.74, 6) is 0.193. The molecule has 0 spiro atoms.